The summed E-state index contributed by atoms with van der Waals surface area (Å²) in [5.74, 6) is 0.334. The molecule has 1 aromatic carbocycles. The smallest absolute Gasteiger partial charge is 0.269 e. The summed E-state index contributed by atoms with van der Waals surface area (Å²) in [4.78, 5) is 0.892. The predicted molar refractivity (Wildman–Crippen MR) is 85.4 cm³/mol. The molecule has 108 valence electrons. The van der Waals surface area contributed by atoms with Crippen LogP contribution >= 0.6 is 22.9 Å². The Bertz CT molecular complexity index is 723. The second-order valence-corrected chi connectivity index (χ2v) is 8.22. The highest BCUT2D eigenvalue weighted by Gasteiger charge is 2.24. The molecule has 1 heterocycles. The van der Waals surface area contributed by atoms with E-state index in [1.807, 2.05) is 32.0 Å². The highest BCUT2D eigenvalue weighted by atomic mass is 35.5. The molecule has 0 N–H and O–H groups in total. The highest BCUT2D eigenvalue weighted by molar-refractivity contribution is 7.94. The molecule has 0 saturated carbocycles. The van der Waals surface area contributed by atoms with E-state index in [0.717, 1.165) is 16.0 Å². The number of nitrogens with zero attached hydrogens (tertiary/aromatic N) is 1. The van der Waals surface area contributed by atoms with Crippen LogP contribution in [0, 0.1) is 13.8 Å². The van der Waals surface area contributed by atoms with Gasteiger partial charge in [-0.05, 0) is 43.2 Å². The standard InChI is InChI=1S/C14H16ClNO2S2/c1-10-5-4-6-12(7-10)16(3)20(17,18)14-8-11(2)13(9-15)19-14/h4-8H,9H2,1-3H3. The van der Waals surface area contributed by atoms with E-state index in [1.54, 1.807) is 19.2 Å². The van der Waals surface area contributed by atoms with E-state index in [9.17, 15) is 8.42 Å². The van der Waals surface area contributed by atoms with Crippen molar-refractivity contribution in [1.82, 2.24) is 0 Å². The zero-order chi connectivity index (χ0) is 14.9. The van der Waals surface area contributed by atoms with Gasteiger partial charge >= 0.3 is 0 Å². The summed E-state index contributed by atoms with van der Waals surface area (Å²) in [6, 6.07) is 9.10. The Kier molecular flexibility index (Phi) is 4.42. The van der Waals surface area contributed by atoms with Gasteiger partial charge in [-0.2, -0.15) is 0 Å². The van der Waals surface area contributed by atoms with Crippen LogP contribution in [0.4, 0.5) is 5.69 Å². The van der Waals surface area contributed by atoms with Crippen LogP contribution in [-0.4, -0.2) is 15.5 Å². The van der Waals surface area contributed by atoms with Gasteiger partial charge in [0.25, 0.3) is 10.0 Å². The second kappa shape index (κ2) is 5.76. The summed E-state index contributed by atoms with van der Waals surface area (Å²) in [6.07, 6.45) is 0. The number of rotatable bonds is 4. The van der Waals surface area contributed by atoms with Crippen LogP contribution in [0.25, 0.3) is 0 Å². The molecule has 6 heteroatoms. The minimum absolute atomic E-state index is 0.328. The van der Waals surface area contributed by atoms with Gasteiger partial charge in [-0.25, -0.2) is 8.42 Å². The number of benzene rings is 1. The van der Waals surface area contributed by atoms with Crippen molar-refractivity contribution in [2.45, 2.75) is 23.9 Å². The Hall–Kier alpha value is -1.04. The molecular formula is C14H16ClNO2S2. The molecule has 0 aliphatic carbocycles. The van der Waals surface area contributed by atoms with Crippen LogP contribution in [0.5, 0.6) is 0 Å². The maximum absolute atomic E-state index is 12.6. The second-order valence-electron chi connectivity index (χ2n) is 4.62. The van der Waals surface area contributed by atoms with Crippen LogP contribution in [0.2, 0.25) is 0 Å². The maximum atomic E-state index is 12.6. The first-order valence-electron chi connectivity index (χ1n) is 6.07. The van der Waals surface area contributed by atoms with Crippen molar-refractivity contribution in [1.29, 1.82) is 0 Å². The molecule has 0 aliphatic heterocycles. The number of thiophene rings is 1. The number of anilines is 1. The Morgan fingerprint density at radius 2 is 1.95 bits per heavy atom. The summed E-state index contributed by atoms with van der Waals surface area (Å²) >= 11 is 7.05. The summed E-state index contributed by atoms with van der Waals surface area (Å²) in [5, 5.41) is 0. The van der Waals surface area contributed by atoms with Gasteiger partial charge in [0.2, 0.25) is 0 Å². The van der Waals surface area contributed by atoms with Crippen LogP contribution < -0.4 is 4.31 Å². The van der Waals surface area contributed by atoms with Gasteiger partial charge in [-0.1, -0.05) is 12.1 Å². The van der Waals surface area contributed by atoms with Crippen molar-refractivity contribution in [3.63, 3.8) is 0 Å². The van der Waals surface area contributed by atoms with Crippen molar-refractivity contribution < 1.29 is 8.42 Å². The van der Waals surface area contributed by atoms with Gasteiger partial charge in [0.15, 0.2) is 0 Å². The molecule has 0 amide bonds. The normalized spacial score (nSPS) is 11.6. The largest absolute Gasteiger partial charge is 0.273 e. The van der Waals surface area contributed by atoms with Crippen molar-refractivity contribution >= 4 is 38.6 Å². The first kappa shape index (κ1) is 15.4. The molecule has 0 spiro atoms. The lowest BCUT2D eigenvalue weighted by Gasteiger charge is -2.18. The molecular weight excluding hydrogens is 314 g/mol. The van der Waals surface area contributed by atoms with Crippen molar-refractivity contribution in [3.8, 4) is 0 Å². The summed E-state index contributed by atoms with van der Waals surface area (Å²) in [6.45, 7) is 3.81. The van der Waals surface area contributed by atoms with E-state index in [4.69, 9.17) is 11.6 Å². The molecule has 2 aromatic rings. The van der Waals surface area contributed by atoms with Gasteiger partial charge in [-0.15, -0.1) is 22.9 Å². The third-order valence-corrected chi connectivity index (χ3v) is 7.00. The number of alkyl halides is 1. The molecule has 0 fully saturated rings. The molecule has 0 saturated heterocycles. The Balaban J connectivity index is 2.43. The molecule has 0 bridgehead atoms. The molecule has 0 aliphatic rings. The lowest BCUT2D eigenvalue weighted by atomic mass is 10.2. The third kappa shape index (κ3) is 2.85. The molecule has 3 nitrogen and oxygen atoms in total. The van der Waals surface area contributed by atoms with E-state index < -0.39 is 10.0 Å². The number of hydrogen-bond donors (Lipinski definition) is 0. The SMILES string of the molecule is Cc1cccc(N(C)S(=O)(=O)c2cc(C)c(CCl)s2)c1. The monoisotopic (exact) mass is 329 g/mol. The van der Waals surface area contributed by atoms with E-state index >= 15 is 0 Å². The van der Waals surface area contributed by atoms with Gasteiger partial charge in [0.1, 0.15) is 4.21 Å². The fraction of sp³-hybridized carbons (Fsp3) is 0.286. The predicted octanol–water partition coefficient (Wildman–Crippen LogP) is 3.93. The van der Waals surface area contributed by atoms with Crippen LogP contribution in [0.3, 0.4) is 0 Å². The van der Waals surface area contributed by atoms with Crippen LogP contribution in [0.1, 0.15) is 16.0 Å². The number of aryl methyl sites for hydroxylation is 2. The highest BCUT2D eigenvalue weighted by Crippen LogP contribution is 2.31. The number of halogens is 1. The van der Waals surface area contributed by atoms with Crippen LogP contribution in [-0.2, 0) is 15.9 Å². The zero-order valence-corrected chi connectivity index (χ0v) is 13.9. The zero-order valence-electron chi connectivity index (χ0n) is 11.6. The van der Waals surface area contributed by atoms with Crippen LogP contribution in [0.15, 0.2) is 34.5 Å². The van der Waals surface area contributed by atoms with Crippen molar-refractivity contribution in [3.05, 3.63) is 46.3 Å². The average molecular weight is 330 g/mol. The van der Waals surface area contributed by atoms with Gasteiger partial charge in [0.05, 0.1) is 11.6 Å². The van der Waals surface area contributed by atoms with Crippen molar-refractivity contribution in [2.75, 3.05) is 11.4 Å². The minimum Gasteiger partial charge on any atom is -0.269 e. The van der Waals surface area contributed by atoms with E-state index in [2.05, 4.69) is 0 Å². The molecule has 2 rings (SSSR count). The average Bonchev–Trinajstić information content (AvgIpc) is 2.79. The quantitative estimate of drug-likeness (QED) is 0.797. The third-order valence-electron chi connectivity index (χ3n) is 3.10. The molecule has 0 atom stereocenters. The molecule has 0 unspecified atom stereocenters. The minimum atomic E-state index is -3.53. The lowest BCUT2D eigenvalue weighted by molar-refractivity contribution is 0.596. The van der Waals surface area contributed by atoms with Gasteiger partial charge in [0, 0.05) is 11.9 Å². The Labute approximate surface area is 128 Å². The fourth-order valence-electron chi connectivity index (χ4n) is 1.85. The maximum Gasteiger partial charge on any atom is 0.273 e. The number of hydrogen-bond acceptors (Lipinski definition) is 3. The van der Waals surface area contributed by atoms with E-state index in [0.29, 0.717) is 15.8 Å². The number of sulfonamides is 1. The van der Waals surface area contributed by atoms with Crippen molar-refractivity contribution in [2.24, 2.45) is 0 Å². The topological polar surface area (TPSA) is 37.4 Å². The Morgan fingerprint density at radius 1 is 1.25 bits per heavy atom. The molecule has 20 heavy (non-hydrogen) atoms. The molecule has 1 aromatic heterocycles. The van der Waals surface area contributed by atoms with Gasteiger partial charge < -0.3 is 0 Å². The van der Waals surface area contributed by atoms with Gasteiger partial charge in [-0.3, -0.25) is 4.31 Å². The summed E-state index contributed by atoms with van der Waals surface area (Å²) in [5.41, 5.74) is 2.60. The first-order chi connectivity index (χ1) is 9.36. The molecule has 0 radical (unpaired) electrons. The summed E-state index contributed by atoms with van der Waals surface area (Å²) < 4.78 is 26.9. The van der Waals surface area contributed by atoms with E-state index in [1.165, 1.54) is 15.6 Å². The van der Waals surface area contributed by atoms with E-state index in [-0.39, 0.29) is 0 Å². The fourth-order valence-corrected chi connectivity index (χ4v) is 5.02. The summed E-state index contributed by atoms with van der Waals surface area (Å²) in [7, 11) is -1.96. The first-order valence-corrected chi connectivity index (χ1v) is 8.86. The Morgan fingerprint density at radius 3 is 2.50 bits per heavy atom. The lowest BCUT2D eigenvalue weighted by Crippen LogP contribution is -2.25.